The number of nitrogens with one attached hydrogen (secondary N) is 1. The van der Waals surface area contributed by atoms with Crippen LogP contribution in [0.4, 0.5) is 10.5 Å². The van der Waals surface area contributed by atoms with Gasteiger partial charge in [-0.15, -0.1) is 0 Å². The van der Waals surface area contributed by atoms with Gasteiger partial charge in [-0.05, 0) is 19.1 Å². The normalized spacial score (nSPS) is 16.2. The van der Waals surface area contributed by atoms with Crippen LogP contribution >= 0.6 is 0 Å². The lowest BCUT2D eigenvalue weighted by Gasteiger charge is -2.14. The number of amidine groups is 1. The number of carbonyl (C=O) groups is 2. The molecule has 1 aliphatic rings. The average molecular weight is 217 g/mol. The molecule has 1 heterocycles. The van der Waals surface area contributed by atoms with Gasteiger partial charge in [0.2, 0.25) is 0 Å². The second-order valence-corrected chi connectivity index (χ2v) is 3.35. The Morgan fingerprint density at radius 2 is 1.81 bits per heavy atom. The van der Waals surface area contributed by atoms with E-state index in [1.807, 2.05) is 0 Å². The van der Waals surface area contributed by atoms with E-state index in [0.29, 0.717) is 12.2 Å². The predicted molar refractivity (Wildman–Crippen MR) is 59.4 cm³/mol. The topological polar surface area (TPSA) is 64.5 Å². The van der Waals surface area contributed by atoms with E-state index in [2.05, 4.69) is 0 Å². The first-order chi connectivity index (χ1) is 7.66. The number of rotatable bonds is 2. The van der Waals surface area contributed by atoms with E-state index in [9.17, 15) is 9.59 Å². The summed E-state index contributed by atoms with van der Waals surface area (Å²) in [5.74, 6) is -0.839. The number of anilines is 1. The third kappa shape index (κ3) is 1.37. The van der Waals surface area contributed by atoms with Crippen molar-refractivity contribution in [3.05, 3.63) is 30.3 Å². The van der Waals surface area contributed by atoms with Gasteiger partial charge in [0.25, 0.3) is 0 Å². The predicted octanol–water partition coefficient (Wildman–Crippen LogP) is 1.45. The van der Waals surface area contributed by atoms with Crippen LogP contribution in [0.15, 0.2) is 30.3 Å². The second kappa shape index (κ2) is 3.77. The lowest BCUT2D eigenvalue weighted by atomic mass is 10.3. The molecule has 1 N–H and O–H groups in total. The van der Waals surface area contributed by atoms with Crippen molar-refractivity contribution in [1.82, 2.24) is 4.90 Å². The van der Waals surface area contributed by atoms with Crippen LogP contribution in [-0.2, 0) is 4.79 Å². The summed E-state index contributed by atoms with van der Waals surface area (Å²) >= 11 is 0. The molecule has 82 valence electrons. The molecule has 0 radical (unpaired) electrons. The van der Waals surface area contributed by atoms with Gasteiger partial charge in [0.05, 0.1) is 5.69 Å². The number of para-hydroxylation sites is 1. The van der Waals surface area contributed by atoms with Crippen molar-refractivity contribution in [2.75, 3.05) is 11.4 Å². The molecule has 0 bridgehead atoms. The molecule has 3 amide bonds. The Morgan fingerprint density at radius 1 is 1.19 bits per heavy atom. The summed E-state index contributed by atoms with van der Waals surface area (Å²) < 4.78 is 0. The molecule has 2 rings (SSSR count). The molecule has 1 aromatic carbocycles. The molecule has 0 saturated carbocycles. The van der Waals surface area contributed by atoms with Crippen LogP contribution in [-0.4, -0.2) is 29.2 Å². The van der Waals surface area contributed by atoms with Gasteiger partial charge in [0.1, 0.15) is 0 Å². The van der Waals surface area contributed by atoms with Crippen molar-refractivity contribution >= 4 is 23.5 Å². The number of imide groups is 1. The van der Waals surface area contributed by atoms with Crippen molar-refractivity contribution in [2.24, 2.45) is 0 Å². The van der Waals surface area contributed by atoms with Gasteiger partial charge in [-0.25, -0.2) is 9.69 Å². The fourth-order valence-corrected chi connectivity index (χ4v) is 1.62. The van der Waals surface area contributed by atoms with E-state index in [0.717, 1.165) is 9.80 Å². The van der Waals surface area contributed by atoms with Crippen molar-refractivity contribution in [2.45, 2.75) is 6.92 Å². The minimum atomic E-state index is -0.571. The maximum atomic E-state index is 11.8. The quantitative estimate of drug-likeness (QED) is 0.762. The number of hydrogen-bond donors (Lipinski definition) is 1. The lowest BCUT2D eigenvalue weighted by molar-refractivity contribution is -0.111. The molecule has 1 fully saturated rings. The van der Waals surface area contributed by atoms with Crippen LogP contribution in [0.5, 0.6) is 0 Å². The smallest absolute Gasteiger partial charge is 0.279 e. The second-order valence-electron chi connectivity index (χ2n) is 3.35. The molecule has 0 unspecified atom stereocenters. The van der Waals surface area contributed by atoms with E-state index in [4.69, 9.17) is 5.41 Å². The fraction of sp³-hybridized carbons (Fsp3) is 0.182. The molecular formula is C11H11N3O2. The zero-order valence-corrected chi connectivity index (χ0v) is 8.80. The highest BCUT2D eigenvalue weighted by atomic mass is 16.2. The summed E-state index contributed by atoms with van der Waals surface area (Å²) in [6, 6.07) is 8.17. The summed E-state index contributed by atoms with van der Waals surface area (Å²) in [5.41, 5.74) is 0.498. The number of carbonyl (C=O) groups excluding carboxylic acids is 2. The summed E-state index contributed by atoms with van der Waals surface area (Å²) in [5, 5.41) is 7.54. The van der Waals surface area contributed by atoms with Gasteiger partial charge < -0.3 is 0 Å². The van der Waals surface area contributed by atoms with E-state index in [-0.39, 0.29) is 5.84 Å². The van der Waals surface area contributed by atoms with Crippen molar-refractivity contribution in [3.8, 4) is 0 Å². The Balaban J connectivity index is 2.41. The Labute approximate surface area is 92.8 Å². The molecule has 1 saturated heterocycles. The molecular weight excluding hydrogens is 206 g/mol. The molecule has 5 nitrogen and oxygen atoms in total. The van der Waals surface area contributed by atoms with Gasteiger partial charge in [-0.1, -0.05) is 18.2 Å². The lowest BCUT2D eigenvalue weighted by Crippen LogP contribution is -2.33. The Bertz CT molecular complexity index is 456. The standard InChI is InChI=1S/C11H11N3O2/c1-2-13-9(12)10(15)14(11(13)16)8-6-4-3-5-7-8/h3-7,12H,2H2,1H3. The van der Waals surface area contributed by atoms with Crippen LogP contribution < -0.4 is 4.90 Å². The van der Waals surface area contributed by atoms with Gasteiger partial charge in [0.15, 0.2) is 5.84 Å². The summed E-state index contributed by atoms with van der Waals surface area (Å²) in [7, 11) is 0. The number of nitrogens with zero attached hydrogens (tertiary/aromatic N) is 2. The Hall–Kier alpha value is -2.17. The zero-order chi connectivity index (χ0) is 11.7. The first-order valence-electron chi connectivity index (χ1n) is 4.96. The van der Waals surface area contributed by atoms with E-state index in [1.54, 1.807) is 37.3 Å². The molecule has 0 spiro atoms. The molecule has 5 heteroatoms. The maximum absolute atomic E-state index is 11.8. The van der Waals surface area contributed by atoms with E-state index in [1.165, 1.54) is 0 Å². The molecule has 0 atom stereocenters. The van der Waals surface area contributed by atoms with Gasteiger partial charge in [0, 0.05) is 6.54 Å². The third-order valence-corrected chi connectivity index (χ3v) is 2.43. The molecule has 1 aliphatic heterocycles. The SMILES string of the molecule is CCN1C(=N)C(=O)N(c2ccccc2)C1=O. The van der Waals surface area contributed by atoms with Crippen molar-refractivity contribution in [1.29, 1.82) is 5.41 Å². The summed E-state index contributed by atoms with van der Waals surface area (Å²) in [6.45, 7) is 2.06. The largest absolute Gasteiger partial charge is 0.337 e. The highest BCUT2D eigenvalue weighted by molar-refractivity contribution is 6.53. The highest BCUT2D eigenvalue weighted by Crippen LogP contribution is 2.21. The number of urea groups is 1. The summed E-state index contributed by atoms with van der Waals surface area (Å²) in [4.78, 5) is 25.7. The fourth-order valence-electron chi connectivity index (χ4n) is 1.62. The van der Waals surface area contributed by atoms with Gasteiger partial charge in [-0.3, -0.25) is 15.1 Å². The van der Waals surface area contributed by atoms with Crippen molar-refractivity contribution < 1.29 is 9.59 Å². The van der Waals surface area contributed by atoms with E-state index >= 15 is 0 Å². The zero-order valence-electron chi connectivity index (χ0n) is 8.80. The van der Waals surface area contributed by atoms with Gasteiger partial charge >= 0.3 is 11.9 Å². The highest BCUT2D eigenvalue weighted by Gasteiger charge is 2.41. The van der Waals surface area contributed by atoms with Crippen LogP contribution in [0.2, 0.25) is 0 Å². The minimum Gasteiger partial charge on any atom is -0.279 e. The summed E-state index contributed by atoms with van der Waals surface area (Å²) in [6.07, 6.45) is 0. The molecule has 1 aromatic rings. The molecule has 0 aromatic heterocycles. The van der Waals surface area contributed by atoms with Crippen LogP contribution in [0.25, 0.3) is 0 Å². The molecule has 16 heavy (non-hydrogen) atoms. The van der Waals surface area contributed by atoms with Crippen LogP contribution in [0.3, 0.4) is 0 Å². The van der Waals surface area contributed by atoms with Crippen molar-refractivity contribution in [3.63, 3.8) is 0 Å². The van der Waals surface area contributed by atoms with Crippen LogP contribution in [0, 0.1) is 5.41 Å². The maximum Gasteiger partial charge on any atom is 0.337 e. The number of hydrogen-bond acceptors (Lipinski definition) is 3. The monoisotopic (exact) mass is 217 g/mol. The average Bonchev–Trinajstić information content (AvgIpc) is 2.51. The third-order valence-electron chi connectivity index (χ3n) is 2.43. The van der Waals surface area contributed by atoms with Crippen LogP contribution in [0.1, 0.15) is 6.92 Å². The molecule has 0 aliphatic carbocycles. The van der Waals surface area contributed by atoms with E-state index < -0.39 is 11.9 Å². The van der Waals surface area contributed by atoms with Gasteiger partial charge in [-0.2, -0.15) is 0 Å². The number of likely N-dealkylation sites (N-methyl/N-ethyl adjacent to an activating group) is 1. The Morgan fingerprint density at radius 3 is 2.31 bits per heavy atom. The Kier molecular flexibility index (Phi) is 2.44. The minimum absolute atomic E-state index is 0.267. The number of amides is 3. The first kappa shape index (κ1) is 10.4. The first-order valence-corrected chi connectivity index (χ1v) is 4.96. The number of benzene rings is 1.